The Morgan fingerprint density at radius 1 is 0.969 bits per heavy atom. The number of fused-ring (bicyclic) bond motifs is 5. The minimum atomic E-state index is -0.351. The number of aryl methyl sites for hydroxylation is 1. The third-order valence-corrected chi connectivity index (χ3v) is 6.29. The molecule has 1 aromatic heterocycles. The van der Waals surface area contributed by atoms with Gasteiger partial charge in [-0.2, -0.15) is 0 Å². The van der Waals surface area contributed by atoms with Gasteiger partial charge in [0.25, 0.3) is 11.8 Å². The minimum absolute atomic E-state index is 0.350. The van der Waals surface area contributed by atoms with E-state index < -0.39 is 0 Å². The van der Waals surface area contributed by atoms with Gasteiger partial charge >= 0.3 is 0 Å². The fraction of sp³-hybridized carbons (Fsp3) is 0.231. The molecule has 162 valence electrons. The average molecular weight is 428 g/mol. The Labute approximate surface area is 186 Å². The number of nitrogens with zero attached hydrogens (tertiary/aromatic N) is 2. The van der Waals surface area contributed by atoms with Gasteiger partial charge < -0.3 is 14.2 Å². The summed E-state index contributed by atoms with van der Waals surface area (Å²) < 4.78 is 7.81. The summed E-state index contributed by atoms with van der Waals surface area (Å²) in [7, 11) is 7.76. The van der Waals surface area contributed by atoms with E-state index in [4.69, 9.17) is 4.74 Å². The van der Waals surface area contributed by atoms with Crippen LogP contribution >= 0.6 is 0 Å². The summed E-state index contributed by atoms with van der Waals surface area (Å²) in [5, 5.41) is 4.21. The van der Waals surface area contributed by atoms with Gasteiger partial charge in [-0.3, -0.25) is 14.9 Å². The van der Waals surface area contributed by atoms with Crippen molar-refractivity contribution in [1.82, 2.24) is 14.8 Å². The highest BCUT2D eigenvalue weighted by Gasteiger charge is 2.34. The van der Waals surface area contributed by atoms with E-state index in [1.54, 1.807) is 7.11 Å². The smallest absolute Gasteiger partial charge is 0.259 e. The highest BCUT2D eigenvalue weighted by molar-refractivity contribution is 6.32. The number of ether oxygens (including phenoxy) is 1. The Morgan fingerprint density at radius 3 is 2.38 bits per heavy atom. The molecule has 0 saturated heterocycles. The third kappa shape index (κ3) is 2.99. The number of carbonyl (C=O) groups is 2. The molecular formula is C26H25N3O3. The van der Waals surface area contributed by atoms with Crippen LogP contribution in [0.25, 0.3) is 32.9 Å². The van der Waals surface area contributed by atoms with E-state index in [1.165, 1.54) is 0 Å². The molecule has 1 N–H and O–H groups in total. The van der Waals surface area contributed by atoms with Crippen LogP contribution in [-0.4, -0.2) is 49.0 Å². The van der Waals surface area contributed by atoms with Gasteiger partial charge in [-0.15, -0.1) is 0 Å². The molecule has 1 aliphatic heterocycles. The topological polar surface area (TPSA) is 63.6 Å². The maximum Gasteiger partial charge on any atom is 0.259 e. The highest BCUT2D eigenvalue weighted by atomic mass is 16.5. The number of benzene rings is 3. The van der Waals surface area contributed by atoms with Gasteiger partial charge in [-0.25, -0.2) is 0 Å². The lowest BCUT2D eigenvalue weighted by Crippen LogP contribution is -2.20. The number of nitrogens with one attached hydrogen (secondary N) is 1. The molecule has 5 rings (SSSR count). The van der Waals surface area contributed by atoms with E-state index in [-0.39, 0.29) is 11.8 Å². The summed E-state index contributed by atoms with van der Waals surface area (Å²) in [5.41, 5.74) is 5.59. The third-order valence-electron chi connectivity index (χ3n) is 6.29. The van der Waals surface area contributed by atoms with Gasteiger partial charge in [0.15, 0.2) is 0 Å². The fourth-order valence-corrected chi connectivity index (χ4v) is 4.69. The number of likely N-dealkylation sites (N-methyl/N-ethyl adjacent to an activating group) is 1. The number of aromatic nitrogens is 1. The second-order valence-corrected chi connectivity index (χ2v) is 8.51. The van der Waals surface area contributed by atoms with Gasteiger partial charge in [0, 0.05) is 29.9 Å². The van der Waals surface area contributed by atoms with Crippen molar-refractivity contribution in [3.63, 3.8) is 0 Å². The molecule has 32 heavy (non-hydrogen) atoms. The Hall–Kier alpha value is -3.64. The molecule has 0 fully saturated rings. The van der Waals surface area contributed by atoms with Crippen LogP contribution in [0.1, 0.15) is 26.3 Å². The maximum absolute atomic E-state index is 12.9. The SMILES string of the molecule is COc1cc2c3c4c(c(-c5ccccc5)cc3n(C)c2cc1CCN(C)C)C(=O)NC4=O. The monoisotopic (exact) mass is 427 g/mol. The first-order chi connectivity index (χ1) is 15.4. The molecule has 4 aromatic rings. The van der Waals surface area contributed by atoms with E-state index >= 15 is 0 Å². The summed E-state index contributed by atoms with van der Waals surface area (Å²) in [6.07, 6.45) is 0.847. The van der Waals surface area contributed by atoms with Crippen LogP contribution in [0.15, 0.2) is 48.5 Å². The van der Waals surface area contributed by atoms with E-state index in [9.17, 15) is 9.59 Å². The Morgan fingerprint density at radius 2 is 1.69 bits per heavy atom. The molecule has 0 radical (unpaired) electrons. The van der Waals surface area contributed by atoms with Crippen LogP contribution in [-0.2, 0) is 13.5 Å². The van der Waals surface area contributed by atoms with Gasteiger partial charge in [-0.05, 0) is 55.4 Å². The van der Waals surface area contributed by atoms with Crippen molar-refractivity contribution in [3.05, 3.63) is 65.2 Å². The first-order valence-electron chi connectivity index (χ1n) is 10.6. The van der Waals surface area contributed by atoms with E-state index in [0.717, 1.165) is 57.2 Å². The molecule has 6 nitrogen and oxygen atoms in total. The standard InChI is InChI=1S/C26H25N3O3/c1-28(2)11-10-16-12-19-18(14-21(16)32-4)22-20(29(19)3)13-17(15-8-6-5-7-9-15)23-24(22)26(31)27-25(23)30/h5-9,12-14H,10-11H2,1-4H3,(H,27,30,31). The Kier molecular flexibility index (Phi) is 4.75. The molecule has 0 atom stereocenters. The summed E-state index contributed by atoms with van der Waals surface area (Å²) in [5.74, 6) is 0.0886. The molecule has 0 saturated carbocycles. The number of imide groups is 1. The van der Waals surface area contributed by atoms with Crippen LogP contribution in [0.4, 0.5) is 0 Å². The second kappa shape index (κ2) is 7.50. The van der Waals surface area contributed by atoms with Crippen LogP contribution in [0, 0.1) is 0 Å². The van der Waals surface area contributed by atoms with Crippen LogP contribution in [0.2, 0.25) is 0 Å². The van der Waals surface area contributed by atoms with E-state index in [1.807, 2.05) is 63.6 Å². The zero-order valence-corrected chi connectivity index (χ0v) is 18.7. The number of rotatable bonds is 5. The Bertz CT molecular complexity index is 1400. The van der Waals surface area contributed by atoms with Crippen LogP contribution in [0.3, 0.4) is 0 Å². The van der Waals surface area contributed by atoms with Crippen molar-refractivity contribution in [2.24, 2.45) is 7.05 Å². The van der Waals surface area contributed by atoms with Crippen molar-refractivity contribution >= 4 is 33.6 Å². The molecule has 1 aliphatic rings. The number of hydrogen-bond acceptors (Lipinski definition) is 4. The maximum atomic E-state index is 12.9. The van der Waals surface area contributed by atoms with Gasteiger partial charge in [0.05, 0.1) is 23.8 Å². The molecule has 0 spiro atoms. The van der Waals surface area contributed by atoms with E-state index in [2.05, 4.69) is 20.9 Å². The fourth-order valence-electron chi connectivity index (χ4n) is 4.69. The molecule has 2 heterocycles. The van der Waals surface area contributed by atoms with Crippen molar-refractivity contribution < 1.29 is 14.3 Å². The first-order valence-corrected chi connectivity index (χ1v) is 10.6. The minimum Gasteiger partial charge on any atom is -0.496 e. The lowest BCUT2D eigenvalue weighted by atomic mass is 9.92. The van der Waals surface area contributed by atoms with Crippen molar-refractivity contribution in [1.29, 1.82) is 0 Å². The first kappa shape index (κ1) is 20.3. The van der Waals surface area contributed by atoms with Gasteiger partial charge in [0.2, 0.25) is 0 Å². The number of hydrogen-bond donors (Lipinski definition) is 1. The number of amides is 2. The summed E-state index contributed by atoms with van der Waals surface area (Å²) in [6, 6.07) is 15.9. The predicted molar refractivity (Wildman–Crippen MR) is 126 cm³/mol. The molecule has 0 unspecified atom stereocenters. The quantitative estimate of drug-likeness (QED) is 0.489. The molecule has 3 aromatic carbocycles. The van der Waals surface area contributed by atoms with Crippen LogP contribution < -0.4 is 10.1 Å². The molecule has 6 heteroatoms. The Balaban J connectivity index is 1.87. The second-order valence-electron chi connectivity index (χ2n) is 8.51. The van der Waals surface area contributed by atoms with Crippen molar-refractivity contribution in [2.45, 2.75) is 6.42 Å². The zero-order chi connectivity index (χ0) is 22.6. The zero-order valence-electron chi connectivity index (χ0n) is 18.7. The predicted octanol–water partition coefficient (Wildman–Crippen LogP) is 3.99. The average Bonchev–Trinajstić information content (AvgIpc) is 3.24. The summed E-state index contributed by atoms with van der Waals surface area (Å²) in [6.45, 7) is 0.899. The van der Waals surface area contributed by atoms with Crippen molar-refractivity contribution in [3.8, 4) is 16.9 Å². The van der Waals surface area contributed by atoms with Gasteiger partial charge in [0.1, 0.15) is 5.75 Å². The molecule has 0 aliphatic carbocycles. The molecule has 0 bridgehead atoms. The molecule has 2 amide bonds. The number of methoxy groups -OCH3 is 1. The highest BCUT2D eigenvalue weighted by Crippen LogP contribution is 2.41. The van der Waals surface area contributed by atoms with Crippen LogP contribution in [0.5, 0.6) is 5.75 Å². The lowest BCUT2D eigenvalue weighted by molar-refractivity contribution is 0.0880. The summed E-state index contributed by atoms with van der Waals surface area (Å²) >= 11 is 0. The largest absolute Gasteiger partial charge is 0.496 e. The normalized spacial score (nSPS) is 13.3. The number of carbonyl (C=O) groups excluding carboxylic acids is 2. The summed E-state index contributed by atoms with van der Waals surface area (Å²) in [4.78, 5) is 27.9. The van der Waals surface area contributed by atoms with Crippen molar-refractivity contribution in [2.75, 3.05) is 27.7 Å². The van der Waals surface area contributed by atoms with E-state index in [0.29, 0.717) is 11.1 Å². The lowest BCUT2D eigenvalue weighted by Gasteiger charge is -2.13. The molecular weight excluding hydrogens is 402 g/mol. The van der Waals surface area contributed by atoms with Gasteiger partial charge in [-0.1, -0.05) is 30.3 Å².